The number of hydrogen-bond donors (Lipinski definition) is 1. The number of thiophene rings is 2. The molecule has 3 nitrogen and oxygen atoms in total. The topological polar surface area (TPSA) is 42.0 Å². The minimum atomic E-state index is -0.215. The number of amides is 1. The van der Waals surface area contributed by atoms with Gasteiger partial charge in [0, 0.05) is 20.3 Å². The highest BCUT2D eigenvalue weighted by molar-refractivity contribution is 7.22. The average molecular weight is 405 g/mol. The van der Waals surface area contributed by atoms with Gasteiger partial charge in [0.2, 0.25) is 0 Å². The van der Waals surface area contributed by atoms with E-state index in [1.54, 1.807) is 11.3 Å². The Bertz CT molecular complexity index is 1060. The van der Waals surface area contributed by atoms with Crippen molar-refractivity contribution in [2.45, 2.75) is 13.3 Å². The lowest BCUT2D eigenvalue weighted by atomic mass is 10.2. The molecule has 1 N–H and O–H groups in total. The first-order valence-electron chi connectivity index (χ1n) is 7.68. The molecule has 0 bridgehead atoms. The Balaban J connectivity index is 1.57. The van der Waals surface area contributed by atoms with Gasteiger partial charge in [0.1, 0.15) is 4.88 Å². The number of carbonyl (C=O) groups is 1. The van der Waals surface area contributed by atoms with Gasteiger partial charge in [0.25, 0.3) is 5.91 Å². The van der Waals surface area contributed by atoms with E-state index in [-0.39, 0.29) is 5.91 Å². The summed E-state index contributed by atoms with van der Waals surface area (Å²) in [5, 5.41) is 6.83. The van der Waals surface area contributed by atoms with Crippen molar-refractivity contribution < 1.29 is 4.79 Å². The van der Waals surface area contributed by atoms with Crippen LogP contribution in [0.2, 0.25) is 5.02 Å². The zero-order chi connectivity index (χ0) is 17.4. The number of halogens is 1. The first-order chi connectivity index (χ1) is 12.2. The summed E-state index contributed by atoms with van der Waals surface area (Å²) in [6.07, 6.45) is 1.02. The summed E-state index contributed by atoms with van der Waals surface area (Å²) in [4.78, 5) is 20.1. The second-order valence-corrected chi connectivity index (χ2v) is 8.81. The molecule has 126 valence electrons. The Kier molecular flexibility index (Phi) is 4.60. The fraction of sp³-hybridized carbons (Fsp3) is 0.111. The van der Waals surface area contributed by atoms with Gasteiger partial charge in [-0.15, -0.1) is 34.0 Å². The van der Waals surface area contributed by atoms with Crippen molar-refractivity contribution >= 4 is 66.7 Å². The number of hydrogen-bond acceptors (Lipinski definition) is 5. The molecule has 0 aliphatic heterocycles. The average Bonchev–Trinajstić information content (AvgIpc) is 3.34. The third kappa shape index (κ3) is 3.22. The molecule has 4 rings (SSSR count). The van der Waals surface area contributed by atoms with Crippen LogP contribution in [0.4, 0.5) is 5.13 Å². The molecule has 0 saturated heterocycles. The first-order valence-corrected chi connectivity index (χ1v) is 10.6. The third-order valence-electron chi connectivity index (χ3n) is 3.73. The molecular formula is C18H13ClN2OS3. The van der Waals surface area contributed by atoms with E-state index in [0.717, 1.165) is 27.1 Å². The molecule has 1 aromatic carbocycles. The van der Waals surface area contributed by atoms with Crippen molar-refractivity contribution in [1.29, 1.82) is 0 Å². The number of aryl methyl sites for hydroxylation is 1. The maximum Gasteiger partial charge on any atom is 0.269 e. The summed E-state index contributed by atoms with van der Waals surface area (Å²) in [6, 6.07) is 11.9. The highest BCUT2D eigenvalue weighted by Crippen LogP contribution is 2.36. The number of benzene rings is 1. The van der Waals surface area contributed by atoms with Crippen LogP contribution in [0, 0.1) is 0 Å². The van der Waals surface area contributed by atoms with Gasteiger partial charge >= 0.3 is 0 Å². The van der Waals surface area contributed by atoms with E-state index in [0.29, 0.717) is 15.0 Å². The van der Waals surface area contributed by atoms with Crippen molar-refractivity contribution in [2.75, 3.05) is 5.32 Å². The summed E-state index contributed by atoms with van der Waals surface area (Å²) >= 11 is 10.9. The molecule has 7 heteroatoms. The van der Waals surface area contributed by atoms with Crippen molar-refractivity contribution in [3.8, 4) is 10.6 Å². The maximum absolute atomic E-state index is 12.6. The molecule has 0 fully saturated rings. The predicted octanol–water partition coefficient (Wildman–Crippen LogP) is 6.55. The van der Waals surface area contributed by atoms with Crippen LogP contribution in [0.3, 0.4) is 0 Å². The molecule has 0 unspecified atom stereocenters. The summed E-state index contributed by atoms with van der Waals surface area (Å²) < 4.78 is 1.00. The minimum absolute atomic E-state index is 0.215. The highest BCUT2D eigenvalue weighted by Gasteiger charge is 2.18. The lowest BCUT2D eigenvalue weighted by molar-refractivity contribution is 0.103. The minimum Gasteiger partial charge on any atom is -0.297 e. The zero-order valence-corrected chi connectivity index (χ0v) is 16.4. The quantitative estimate of drug-likeness (QED) is 0.418. The Morgan fingerprint density at radius 2 is 2.04 bits per heavy atom. The largest absolute Gasteiger partial charge is 0.297 e. The van der Waals surface area contributed by atoms with Crippen molar-refractivity contribution in [3.63, 3.8) is 0 Å². The molecule has 25 heavy (non-hydrogen) atoms. The lowest BCUT2D eigenvalue weighted by Crippen LogP contribution is -2.10. The summed E-state index contributed by atoms with van der Waals surface area (Å²) in [6.45, 7) is 2.14. The van der Waals surface area contributed by atoms with Gasteiger partial charge in [-0.2, -0.15) is 0 Å². The second-order valence-electron chi connectivity index (χ2n) is 5.35. The molecule has 0 atom stereocenters. The predicted molar refractivity (Wildman–Crippen MR) is 110 cm³/mol. The standard InChI is InChI=1S/C18H13ClN2OS3/c1-2-10-7-8-14(24-10)12-9-23-18(20-12)21-17(22)16-15(19)11-5-3-4-6-13(11)25-16/h3-9H,2H2,1H3,(H,20,21,22). The SMILES string of the molecule is CCc1ccc(-c2csc(NC(=O)c3sc4ccccc4c3Cl)n2)s1. The number of fused-ring (bicyclic) bond motifs is 1. The van der Waals surface area contributed by atoms with E-state index in [2.05, 4.69) is 29.4 Å². The van der Waals surface area contributed by atoms with Crippen LogP contribution in [0.25, 0.3) is 20.7 Å². The molecule has 3 heterocycles. The molecule has 0 aliphatic rings. The molecule has 0 spiro atoms. The summed E-state index contributed by atoms with van der Waals surface area (Å²) in [7, 11) is 0. The Hall–Kier alpha value is -1.73. The van der Waals surface area contributed by atoms with E-state index >= 15 is 0 Å². The monoisotopic (exact) mass is 404 g/mol. The zero-order valence-electron chi connectivity index (χ0n) is 13.2. The number of thiazole rings is 1. The van der Waals surface area contributed by atoms with E-state index in [4.69, 9.17) is 11.6 Å². The number of rotatable bonds is 4. The second kappa shape index (κ2) is 6.88. The van der Waals surface area contributed by atoms with E-state index in [1.807, 2.05) is 29.6 Å². The van der Waals surface area contributed by atoms with Crippen molar-refractivity contribution in [1.82, 2.24) is 4.98 Å². The molecule has 4 aromatic rings. The molecule has 1 amide bonds. The number of aromatic nitrogens is 1. The van der Waals surface area contributed by atoms with Crippen LogP contribution in [0.15, 0.2) is 41.8 Å². The summed E-state index contributed by atoms with van der Waals surface area (Å²) in [5.41, 5.74) is 0.896. The van der Waals surface area contributed by atoms with E-state index in [9.17, 15) is 4.79 Å². The smallest absolute Gasteiger partial charge is 0.269 e. The summed E-state index contributed by atoms with van der Waals surface area (Å²) in [5.74, 6) is -0.215. The van der Waals surface area contributed by atoms with Crippen molar-refractivity contribution in [2.24, 2.45) is 0 Å². The van der Waals surface area contributed by atoms with Gasteiger partial charge < -0.3 is 0 Å². The number of nitrogens with zero attached hydrogens (tertiary/aromatic N) is 1. The Morgan fingerprint density at radius 1 is 1.20 bits per heavy atom. The number of carbonyl (C=O) groups excluding carboxylic acids is 1. The molecule has 3 aromatic heterocycles. The van der Waals surface area contributed by atoms with Crippen LogP contribution in [-0.2, 0) is 6.42 Å². The Morgan fingerprint density at radius 3 is 2.80 bits per heavy atom. The molecule has 0 saturated carbocycles. The third-order valence-corrected chi connectivity index (χ3v) is 7.41. The number of anilines is 1. The van der Waals surface area contributed by atoms with Crippen LogP contribution < -0.4 is 5.32 Å². The number of nitrogens with one attached hydrogen (secondary N) is 1. The first kappa shape index (κ1) is 16.7. The van der Waals surface area contributed by atoms with Gasteiger partial charge in [0.15, 0.2) is 5.13 Å². The lowest BCUT2D eigenvalue weighted by Gasteiger charge is -1.99. The van der Waals surface area contributed by atoms with E-state index < -0.39 is 0 Å². The van der Waals surface area contributed by atoms with Crippen LogP contribution >= 0.6 is 45.6 Å². The van der Waals surface area contributed by atoms with Crippen molar-refractivity contribution in [3.05, 3.63) is 56.6 Å². The molecule has 0 aliphatic carbocycles. The van der Waals surface area contributed by atoms with Crippen LogP contribution in [0.5, 0.6) is 0 Å². The normalized spacial score (nSPS) is 11.1. The van der Waals surface area contributed by atoms with Gasteiger partial charge in [-0.3, -0.25) is 10.1 Å². The molecular weight excluding hydrogens is 392 g/mol. The van der Waals surface area contributed by atoms with Gasteiger partial charge in [-0.1, -0.05) is 36.7 Å². The van der Waals surface area contributed by atoms with Gasteiger partial charge in [0.05, 0.1) is 15.6 Å². The fourth-order valence-electron chi connectivity index (χ4n) is 2.46. The maximum atomic E-state index is 12.6. The molecule has 0 radical (unpaired) electrons. The van der Waals surface area contributed by atoms with Crippen LogP contribution in [0.1, 0.15) is 21.5 Å². The van der Waals surface area contributed by atoms with Gasteiger partial charge in [-0.05, 0) is 24.6 Å². The fourth-order valence-corrected chi connectivity index (χ4v) is 5.56. The van der Waals surface area contributed by atoms with E-state index in [1.165, 1.54) is 27.6 Å². The van der Waals surface area contributed by atoms with Crippen LogP contribution in [-0.4, -0.2) is 10.9 Å². The highest BCUT2D eigenvalue weighted by atomic mass is 35.5. The van der Waals surface area contributed by atoms with Gasteiger partial charge in [-0.25, -0.2) is 4.98 Å². The Labute approximate surface area is 161 Å².